The highest BCUT2D eigenvalue weighted by Gasteiger charge is 2.29. The molecule has 1 aliphatic rings. The molecule has 2 aromatic carbocycles. The number of nitrogens with zero attached hydrogens (tertiary/aromatic N) is 2. The first-order chi connectivity index (χ1) is 14.0. The lowest BCUT2D eigenvalue weighted by Gasteiger charge is -2.32. The van der Waals surface area contributed by atoms with E-state index in [0.717, 1.165) is 5.56 Å². The zero-order valence-corrected chi connectivity index (χ0v) is 15.7. The first kappa shape index (κ1) is 18.5. The molecule has 1 aromatic heterocycles. The van der Waals surface area contributed by atoms with Crippen LogP contribution >= 0.6 is 0 Å². The standard InChI is InChI=1S/C22H19N3O4/c1-14-13-25(22(28)23-17-5-3-2-4-6-17)20-19(29-14)12-11-18(24-20)15-7-9-16(10-8-15)21(26)27/h2-12,14H,13H2,1H3,(H,23,28)(H,26,27). The Morgan fingerprint density at radius 2 is 1.79 bits per heavy atom. The van der Waals surface area contributed by atoms with Crippen LogP contribution in [0.25, 0.3) is 11.3 Å². The molecule has 0 saturated carbocycles. The summed E-state index contributed by atoms with van der Waals surface area (Å²) in [7, 11) is 0. The maximum Gasteiger partial charge on any atom is 0.335 e. The number of anilines is 2. The Kier molecular flexibility index (Phi) is 4.87. The Morgan fingerprint density at radius 1 is 1.07 bits per heavy atom. The number of hydrogen-bond acceptors (Lipinski definition) is 4. The molecule has 146 valence electrons. The van der Waals surface area contributed by atoms with Crippen molar-refractivity contribution in [3.63, 3.8) is 0 Å². The van der Waals surface area contributed by atoms with Crippen LogP contribution in [-0.2, 0) is 0 Å². The van der Waals surface area contributed by atoms with Gasteiger partial charge in [0.1, 0.15) is 6.10 Å². The molecule has 0 aliphatic carbocycles. The van der Waals surface area contributed by atoms with Crippen LogP contribution in [0.3, 0.4) is 0 Å². The number of carboxylic acids is 1. The van der Waals surface area contributed by atoms with Crippen LogP contribution in [0.5, 0.6) is 5.75 Å². The van der Waals surface area contributed by atoms with Crippen molar-refractivity contribution in [2.45, 2.75) is 13.0 Å². The number of aromatic nitrogens is 1. The number of para-hydroxylation sites is 1. The minimum atomic E-state index is -0.985. The number of carbonyl (C=O) groups excluding carboxylic acids is 1. The van der Waals surface area contributed by atoms with Crippen LogP contribution in [0.15, 0.2) is 66.7 Å². The number of rotatable bonds is 3. The molecular weight excluding hydrogens is 370 g/mol. The Morgan fingerprint density at radius 3 is 2.48 bits per heavy atom. The lowest BCUT2D eigenvalue weighted by molar-refractivity contribution is 0.0697. The van der Waals surface area contributed by atoms with E-state index >= 15 is 0 Å². The summed E-state index contributed by atoms with van der Waals surface area (Å²) < 4.78 is 5.84. The molecule has 1 unspecified atom stereocenters. The van der Waals surface area contributed by atoms with Crippen molar-refractivity contribution in [2.24, 2.45) is 0 Å². The van der Waals surface area contributed by atoms with Gasteiger partial charge in [-0.15, -0.1) is 0 Å². The number of hydrogen-bond donors (Lipinski definition) is 2. The minimum absolute atomic E-state index is 0.175. The second-order valence-corrected chi connectivity index (χ2v) is 6.74. The van der Waals surface area contributed by atoms with E-state index in [9.17, 15) is 9.59 Å². The number of carboxylic acid groups (broad SMARTS) is 1. The summed E-state index contributed by atoms with van der Waals surface area (Å²) in [6.07, 6.45) is -0.175. The molecule has 2 N–H and O–H groups in total. The van der Waals surface area contributed by atoms with Gasteiger partial charge in [-0.25, -0.2) is 14.6 Å². The summed E-state index contributed by atoms with van der Waals surface area (Å²) in [6.45, 7) is 2.25. The highest BCUT2D eigenvalue weighted by molar-refractivity contribution is 6.02. The van der Waals surface area contributed by atoms with Gasteiger partial charge in [0, 0.05) is 11.3 Å². The van der Waals surface area contributed by atoms with E-state index in [1.165, 1.54) is 12.1 Å². The largest absolute Gasteiger partial charge is 0.485 e. The second kappa shape index (κ2) is 7.63. The molecule has 4 rings (SSSR count). The fraction of sp³-hybridized carbons (Fsp3) is 0.136. The van der Waals surface area contributed by atoms with Crippen LogP contribution < -0.4 is 15.0 Å². The van der Waals surface area contributed by atoms with Crippen LogP contribution in [0, 0.1) is 0 Å². The first-order valence-corrected chi connectivity index (χ1v) is 9.16. The molecule has 0 saturated heterocycles. The van der Waals surface area contributed by atoms with Crippen LogP contribution in [0.2, 0.25) is 0 Å². The SMILES string of the molecule is CC1CN(C(=O)Nc2ccccc2)c2nc(-c3ccc(C(=O)O)cc3)ccc2O1. The van der Waals surface area contributed by atoms with E-state index in [1.54, 1.807) is 29.2 Å². The highest BCUT2D eigenvalue weighted by Crippen LogP contribution is 2.34. The zero-order valence-electron chi connectivity index (χ0n) is 15.7. The maximum atomic E-state index is 12.9. The molecule has 0 fully saturated rings. The smallest absolute Gasteiger partial charge is 0.335 e. The number of ether oxygens (including phenoxy) is 1. The highest BCUT2D eigenvalue weighted by atomic mass is 16.5. The predicted molar refractivity (Wildman–Crippen MR) is 110 cm³/mol. The number of fused-ring (bicyclic) bond motifs is 1. The quantitative estimate of drug-likeness (QED) is 0.698. The van der Waals surface area contributed by atoms with Gasteiger partial charge < -0.3 is 15.2 Å². The predicted octanol–water partition coefficient (Wildman–Crippen LogP) is 4.27. The van der Waals surface area contributed by atoms with Crippen molar-refractivity contribution in [1.29, 1.82) is 0 Å². The van der Waals surface area contributed by atoms with Crippen molar-refractivity contribution >= 4 is 23.5 Å². The van der Waals surface area contributed by atoms with E-state index < -0.39 is 5.97 Å². The average molecular weight is 389 g/mol. The van der Waals surface area contributed by atoms with E-state index in [0.29, 0.717) is 29.5 Å². The second-order valence-electron chi connectivity index (χ2n) is 6.74. The fourth-order valence-electron chi connectivity index (χ4n) is 3.15. The molecule has 2 amide bonds. The monoisotopic (exact) mass is 389 g/mol. The van der Waals surface area contributed by atoms with Gasteiger partial charge >= 0.3 is 12.0 Å². The Bertz CT molecular complexity index is 1050. The van der Waals surface area contributed by atoms with Crippen LogP contribution in [-0.4, -0.2) is 34.7 Å². The van der Waals surface area contributed by atoms with Crippen LogP contribution in [0.4, 0.5) is 16.3 Å². The zero-order chi connectivity index (χ0) is 20.4. The molecule has 7 nitrogen and oxygen atoms in total. The van der Waals surface area contributed by atoms with Crippen molar-refractivity contribution in [3.8, 4) is 17.0 Å². The summed E-state index contributed by atoms with van der Waals surface area (Å²) in [5.41, 5.74) is 2.27. The van der Waals surface area contributed by atoms with E-state index in [2.05, 4.69) is 10.3 Å². The third-order valence-electron chi connectivity index (χ3n) is 4.56. The van der Waals surface area contributed by atoms with Gasteiger partial charge in [0.25, 0.3) is 0 Å². The summed E-state index contributed by atoms with van der Waals surface area (Å²) in [5.74, 6) is -0.0321. The van der Waals surface area contributed by atoms with Crippen molar-refractivity contribution in [2.75, 3.05) is 16.8 Å². The Labute approximate surface area is 167 Å². The number of benzene rings is 2. The van der Waals surface area contributed by atoms with Gasteiger partial charge in [-0.1, -0.05) is 30.3 Å². The number of urea groups is 1. The maximum absolute atomic E-state index is 12.9. The lowest BCUT2D eigenvalue weighted by atomic mass is 10.1. The summed E-state index contributed by atoms with van der Waals surface area (Å²) in [6, 6.07) is 18.9. The third-order valence-corrected chi connectivity index (χ3v) is 4.56. The number of carbonyl (C=O) groups is 2. The van der Waals surface area contributed by atoms with Gasteiger partial charge in [0.15, 0.2) is 11.6 Å². The topological polar surface area (TPSA) is 91.8 Å². The van der Waals surface area contributed by atoms with Gasteiger partial charge in [0.2, 0.25) is 0 Å². The van der Waals surface area contributed by atoms with Gasteiger partial charge in [-0.3, -0.25) is 4.90 Å². The molecule has 3 aromatic rings. The average Bonchev–Trinajstić information content (AvgIpc) is 2.73. The Balaban J connectivity index is 1.66. The molecule has 0 spiro atoms. The number of amides is 2. The fourth-order valence-corrected chi connectivity index (χ4v) is 3.15. The molecule has 1 aliphatic heterocycles. The summed E-state index contributed by atoms with van der Waals surface area (Å²) in [5, 5.41) is 11.9. The van der Waals surface area contributed by atoms with Crippen molar-refractivity contribution < 1.29 is 19.4 Å². The van der Waals surface area contributed by atoms with E-state index in [-0.39, 0.29) is 17.7 Å². The minimum Gasteiger partial charge on any atom is -0.485 e. The first-order valence-electron chi connectivity index (χ1n) is 9.16. The summed E-state index contributed by atoms with van der Waals surface area (Å²) >= 11 is 0. The van der Waals surface area contributed by atoms with E-state index in [4.69, 9.17) is 9.84 Å². The number of nitrogens with one attached hydrogen (secondary N) is 1. The number of pyridine rings is 1. The number of aromatic carboxylic acids is 1. The van der Waals surface area contributed by atoms with Gasteiger partial charge in [-0.2, -0.15) is 0 Å². The molecule has 0 bridgehead atoms. The van der Waals surface area contributed by atoms with Gasteiger partial charge in [0.05, 0.1) is 17.8 Å². The summed E-state index contributed by atoms with van der Waals surface area (Å²) in [4.78, 5) is 30.1. The third kappa shape index (κ3) is 3.89. The van der Waals surface area contributed by atoms with Gasteiger partial charge in [-0.05, 0) is 43.3 Å². The molecule has 0 radical (unpaired) electrons. The van der Waals surface area contributed by atoms with Crippen molar-refractivity contribution in [1.82, 2.24) is 4.98 Å². The Hall–Kier alpha value is -3.87. The normalized spacial score (nSPS) is 15.2. The van der Waals surface area contributed by atoms with Crippen molar-refractivity contribution in [3.05, 3.63) is 72.3 Å². The molecule has 1 atom stereocenters. The lowest BCUT2D eigenvalue weighted by Crippen LogP contribution is -2.45. The molecule has 29 heavy (non-hydrogen) atoms. The molecule has 7 heteroatoms. The molecule has 2 heterocycles. The van der Waals surface area contributed by atoms with Crippen LogP contribution in [0.1, 0.15) is 17.3 Å². The molecular formula is C22H19N3O4. The van der Waals surface area contributed by atoms with E-state index in [1.807, 2.05) is 37.3 Å².